The van der Waals surface area contributed by atoms with Gasteiger partial charge in [-0.05, 0) is 74.6 Å². The number of carboxylic acid groups (broad SMARTS) is 1. The molecule has 1 aliphatic heterocycles. The van der Waals surface area contributed by atoms with Crippen molar-refractivity contribution in [1.29, 1.82) is 0 Å². The van der Waals surface area contributed by atoms with Crippen LogP contribution in [0.3, 0.4) is 0 Å². The summed E-state index contributed by atoms with van der Waals surface area (Å²) in [5, 5.41) is 11.2. The van der Waals surface area contributed by atoms with Gasteiger partial charge in [-0.25, -0.2) is 9.97 Å². The molecular weight excluding hydrogens is 615 g/mol. The lowest BCUT2D eigenvalue weighted by molar-refractivity contribution is -0.198. The number of carboxylic acids is 1. The molecular formula is C32H31ClF3N3O4S. The summed E-state index contributed by atoms with van der Waals surface area (Å²) in [4.78, 5) is 19.6. The molecule has 232 valence electrons. The molecule has 5 rings (SSSR count). The highest BCUT2D eigenvalue weighted by molar-refractivity contribution is 7.18. The highest BCUT2D eigenvalue weighted by atomic mass is 35.5. The van der Waals surface area contributed by atoms with E-state index in [0.717, 1.165) is 11.1 Å². The number of alkyl halides is 3. The molecule has 0 amide bonds. The highest BCUT2D eigenvalue weighted by Gasteiger charge is 2.46. The number of hydrogen-bond acceptors (Lipinski definition) is 7. The van der Waals surface area contributed by atoms with Crippen molar-refractivity contribution >= 4 is 44.7 Å². The molecule has 0 saturated carbocycles. The van der Waals surface area contributed by atoms with Crippen LogP contribution < -0.4 is 10.5 Å². The third kappa shape index (κ3) is 6.91. The topological polar surface area (TPSA) is 108 Å². The van der Waals surface area contributed by atoms with Gasteiger partial charge in [-0.3, -0.25) is 4.79 Å². The lowest BCUT2D eigenvalue weighted by Gasteiger charge is -2.40. The summed E-state index contributed by atoms with van der Waals surface area (Å²) in [6, 6.07) is 10.4. The van der Waals surface area contributed by atoms with Gasteiger partial charge in [-0.15, -0.1) is 11.3 Å². The largest absolute Gasteiger partial charge is 0.480 e. The minimum absolute atomic E-state index is 0.0830. The first-order valence-electron chi connectivity index (χ1n) is 13.8. The number of nitrogens with zero attached hydrogens (tertiary/aromatic N) is 2. The molecule has 0 spiro atoms. The van der Waals surface area contributed by atoms with Crippen molar-refractivity contribution in [1.82, 2.24) is 9.97 Å². The summed E-state index contributed by atoms with van der Waals surface area (Å²) >= 11 is 7.48. The second-order valence-electron chi connectivity index (χ2n) is 11.9. The zero-order chi connectivity index (χ0) is 32.0. The van der Waals surface area contributed by atoms with E-state index in [-0.39, 0.29) is 17.9 Å². The van der Waals surface area contributed by atoms with Crippen LogP contribution in [0, 0.1) is 0 Å². The number of benzene rings is 2. The highest BCUT2D eigenvalue weighted by Crippen LogP contribution is 2.46. The molecule has 2 aromatic heterocycles. The van der Waals surface area contributed by atoms with Gasteiger partial charge in [0, 0.05) is 28.0 Å². The van der Waals surface area contributed by atoms with Crippen LogP contribution in [0.25, 0.3) is 26.9 Å². The quantitative estimate of drug-likeness (QED) is 0.200. The van der Waals surface area contributed by atoms with Gasteiger partial charge in [0.1, 0.15) is 17.1 Å². The standard InChI is InChI=1S/C32H31ClF3N3O4S/c1-30(2)13-19(14-31(3,4)43-30)22-12-20(33)9-10-21(22)27(32(34,35)36)42-28-26-25(38-16-39-28)23(15-44-26)18-7-5-17(6-8-18)11-24(37)29(40)41/h5-10,12-13,15-16,24,27H,11,14,37H2,1-4H3,(H,40,41). The first-order chi connectivity index (χ1) is 20.5. The fourth-order valence-electron chi connectivity index (χ4n) is 5.61. The molecule has 1 aliphatic rings. The number of fused-ring (bicyclic) bond motifs is 1. The summed E-state index contributed by atoms with van der Waals surface area (Å²) in [6.45, 7) is 7.52. The number of aliphatic carboxylic acids is 1. The summed E-state index contributed by atoms with van der Waals surface area (Å²) in [5.41, 5.74) is 7.85. The Labute approximate surface area is 261 Å². The Morgan fingerprint density at radius 2 is 1.84 bits per heavy atom. The first kappa shape index (κ1) is 31.9. The third-order valence-electron chi connectivity index (χ3n) is 7.21. The number of thiophene rings is 1. The van der Waals surface area contributed by atoms with Gasteiger partial charge in [0.05, 0.1) is 16.7 Å². The Balaban J connectivity index is 1.53. The molecule has 4 aromatic rings. The molecule has 44 heavy (non-hydrogen) atoms. The second-order valence-corrected chi connectivity index (χ2v) is 13.3. The summed E-state index contributed by atoms with van der Waals surface area (Å²) < 4.78 is 56.6. The van der Waals surface area contributed by atoms with E-state index in [2.05, 4.69) is 9.97 Å². The molecule has 2 unspecified atom stereocenters. The van der Waals surface area contributed by atoms with Crippen molar-refractivity contribution in [3.63, 3.8) is 0 Å². The second kappa shape index (κ2) is 11.8. The van der Waals surface area contributed by atoms with Crippen molar-refractivity contribution in [3.05, 3.63) is 82.0 Å². The maximum absolute atomic E-state index is 14.8. The Kier molecular flexibility index (Phi) is 8.54. The summed E-state index contributed by atoms with van der Waals surface area (Å²) in [5.74, 6) is -1.29. The van der Waals surface area contributed by atoms with Crippen LogP contribution in [0.4, 0.5) is 13.2 Å². The van der Waals surface area contributed by atoms with E-state index in [1.807, 2.05) is 33.8 Å². The molecule has 2 atom stereocenters. The van der Waals surface area contributed by atoms with Gasteiger partial charge >= 0.3 is 12.1 Å². The molecule has 0 saturated heterocycles. The Bertz CT molecular complexity index is 1740. The molecule has 0 radical (unpaired) electrons. The van der Waals surface area contributed by atoms with Crippen LogP contribution >= 0.6 is 22.9 Å². The molecule has 0 aliphatic carbocycles. The molecule has 12 heteroatoms. The minimum atomic E-state index is -4.79. The van der Waals surface area contributed by atoms with Gasteiger partial charge < -0.3 is 20.3 Å². The van der Waals surface area contributed by atoms with E-state index in [0.29, 0.717) is 38.4 Å². The zero-order valence-corrected chi connectivity index (χ0v) is 26.0. The average Bonchev–Trinajstić information content (AvgIpc) is 3.35. The fraction of sp³-hybridized carbons (Fsp3) is 0.344. The van der Waals surface area contributed by atoms with Gasteiger partial charge in [0.25, 0.3) is 0 Å². The SMILES string of the molecule is CC1(C)C=C(c2cc(Cl)ccc2C(Oc2ncnc3c(-c4ccc(CC(N)C(=O)O)cc4)csc23)C(F)(F)F)CC(C)(C)O1. The van der Waals surface area contributed by atoms with E-state index >= 15 is 0 Å². The van der Waals surface area contributed by atoms with Crippen LogP contribution in [0.2, 0.25) is 5.02 Å². The number of ether oxygens (including phenoxy) is 2. The van der Waals surface area contributed by atoms with Crippen molar-refractivity contribution < 1.29 is 32.5 Å². The number of aromatic nitrogens is 2. The number of halogens is 4. The van der Waals surface area contributed by atoms with Crippen LogP contribution in [-0.2, 0) is 16.0 Å². The third-order valence-corrected chi connectivity index (χ3v) is 8.40. The number of rotatable bonds is 8. The average molecular weight is 646 g/mol. The fourth-order valence-corrected chi connectivity index (χ4v) is 6.74. The van der Waals surface area contributed by atoms with Gasteiger partial charge in [0.2, 0.25) is 12.0 Å². The van der Waals surface area contributed by atoms with Gasteiger partial charge in [-0.2, -0.15) is 13.2 Å². The number of carbonyl (C=O) groups is 1. The lowest BCUT2D eigenvalue weighted by atomic mass is 9.83. The molecule has 7 nitrogen and oxygen atoms in total. The molecule has 0 fully saturated rings. The maximum Gasteiger partial charge on any atom is 0.429 e. The molecule has 3 heterocycles. The predicted molar refractivity (Wildman–Crippen MR) is 165 cm³/mol. The van der Waals surface area contributed by atoms with Crippen LogP contribution in [-0.4, -0.2) is 44.5 Å². The van der Waals surface area contributed by atoms with Crippen LogP contribution in [0.5, 0.6) is 5.88 Å². The predicted octanol–water partition coefficient (Wildman–Crippen LogP) is 8.01. The van der Waals surface area contributed by atoms with E-state index < -0.39 is 35.5 Å². The van der Waals surface area contributed by atoms with Crippen molar-refractivity contribution in [3.8, 4) is 17.0 Å². The van der Waals surface area contributed by atoms with Crippen molar-refractivity contribution in [2.75, 3.05) is 0 Å². The summed E-state index contributed by atoms with van der Waals surface area (Å²) in [6.07, 6.45) is -3.59. The molecule has 0 bridgehead atoms. The maximum atomic E-state index is 14.8. The van der Waals surface area contributed by atoms with E-state index in [9.17, 15) is 18.0 Å². The zero-order valence-electron chi connectivity index (χ0n) is 24.4. The molecule has 2 aromatic carbocycles. The Hall–Kier alpha value is -3.51. The monoisotopic (exact) mass is 645 g/mol. The van der Waals surface area contributed by atoms with Gasteiger partial charge in [-0.1, -0.05) is 41.9 Å². The van der Waals surface area contributed by atoms with Crippen molar-refractivity contribution in [2.24, 2.45) is 5.73 Å². The summed E-state index contributed by atoms with van der Waals surface area (Å²) in [7, 11) is 0. The Morgan fingerprint density at radius 3 is 2.48 bits per heavy atom. The van der Waals surface area contributed by atoms with E-state index in [1.54, 1.807) is 29.6 Å². The lowest BCUT2D eigenvalue weighted by Crippen LogP contribution is -2.40. The minimum Gasteiger partial charge on any atom is -0.480 e. The smallest absolute Gasteiger partial charge is 0.429 e. The van der Waals surface area contributed by atoms with E-state index in [1.165, 1.54) is 35.9 Å². The number of nitrogens with two attached hydrogens (primary N) is 1. The van der Waals surface area contributed by atoms with Crippen molar-refractivity contribution in [2.45, 2.75) is 70.1 Å². The Morgan fingerprint density at radius 1 is 1.14 bits per heavy atom. The van der Waals surface area contributed by atoms with E-state index in [4.69, 9.17) is 31.9 Å². The number of hydrogen-bond donors (Lipinski definition) is 2. The normalized spacial score (nSPS) is 17.6. The molecule has 3 N–H and O–H groups in total. The van der Waals surface area contributed by atoms with Crippen LogP contribution in [0.1, 0.15) is 56.9 Å². The first-order valence-corrected chi connectivity index (χ1v) is 15.0. The van der Waals surface area contributed by atoms with Crippen LogP contribution in [0.15, 0.2) is 60.2 Å². The van der Waals surface area contributed by atoms with Gasteiger partial charge in [0.15, 0.2) is 0 Å².